The van der Waals surface area contributed by atoms with E-state index in [0.717, 1.165) is 53.6 Å². The molecular weight excluding hydrogens is 519 g/mol. The molecule has 168 valence electrons. The van der Waals surface area contributed by atoms with Crippen LogP contribution in [0.3, 0.4) is 0 Å². The predicted molar refractivity (Wildman–Crippen MR) is 137 cm³/mol. The Hall–Kier alpha value is -2.01. The SMILES string of the molecule is Clc1ccc(C2=NN3[C@@H](C2)c2cc(Br)ccc2OC32CCC(c3ccccc3)CC2)c(Cl)c1. The van der Waals surface area contributed by atoms with Crippen LogP contribution in [-0.2, 0) is 0 Å². The number of hydrogen-bond acceptors (Lipinski definition) is 3. The summed E-state index contributed by atoms with van der Waals surface area (Å²) < 4.78 is 7.84. The van der Waals surface area contributed by atoms with Crippen LogP contribution in [0.25, 0.3) is 0 Å². The Morgan fingerprint density at radius 2 is 1.76 bits per heavy atom. The van der Waals surface area contributed by atoms with Crippen LogP contribution < -0.4 is 4.74 Å². The lowest BCUT2D eigenvalue weighted by Gasteiger charge is -2.50. The second-order valence-electron chi connectivity index (χ2n) is 9.15. The van der Waals surface area contributed by atoms with Crippen molar-refractivity contribution in [3.63, 3.8) is 0 Å². The van der Waals surface area contributed by atoms with Crippen LogP contribution in [-0.4, -0.2) is 16.4 Å². The molecule has 3 aromatic carbocycles. The van der Waals surface area contributed by atoms with Crippen LogP contribution in [0.4, 0.5) is 0 Å². The molecule has 3 aliphatic rings. The number of hydrazone groups is 1. The topological polar surface area (TPSA) is 24.8 Å². The van der Waals surface area contributed by atoms with Gasteiger partial charge in [-0.15, -0.1) is 0 Å². The third-order valence-corrected chi connectivity index (χ3v) is 8.28. The van der Waals surface area contributed by atoms with Crippen LogP contribution in [0.1, 0.15) is 60.8 Å². The van der Waals surface area contributed by atoms with Gasteiger partial charge >= 0.3 is 0 Å². The van der Waals surface area contributed by atoms with Gasteiger partial charge in [0.2, 0.25) is 0 Å². The van der Waals surface area contributed by atoms with Crippen molar-refractivity contribution in [2.24, 2.45) is 5.10 Å². The number of nitrogens with zero attached hydrogens (tertiary/aromatic N) is 2. The van der Waals surface area contributed by atoms with Crippen LogP contribution >= 0.6 is 39.1 Å². The summed E-state index contributed by atoms with van der Waals surface area (Å²) in [6.07, 6.45) is 4.81. The number of halogens is 3. The normalized spacial score (nSPS) is 25.9. The summed E-state index contributed by atoms with van der Waals surface area (Å²) >= 11 is 16.4. The second-order valence-corrected chi connectivity index (χ2v) is 10.9. The van der Waals surface area contributed by atoms with Crippen LogP contribution in [0, 0.1) is 0 Å². The molecule has 1 fully saturated rings. The Balaban J connectivity index is 1.38. The van der Waals surface area contributed by atoms with E-state index in [0.29, 0.717) is 16.0 Å². The number of benzene rings is 3. The maximum Gasteiger partial charge on any atom is 0.198 e. The van der Waals surface area contributed by atoms with Crippen molar-refractivity contribution in [2.75, 3.05) is 0 Å². The van der Waals surface area contributed by atoms with Gasteiger partial charge in [-0.05, 0) is 54.7 Å². The number of hydrogen-bond donors (Lipinski definition) is 0. The highest BCUT2D eigenvalue weighted by molar-refractivity contribution is 9.10. The van der Waals surface area contributed by atoms with Gasteiger partial charge in [0.25, 0.3) is 0 Å². The van der Waals surface area contributed by atoms with Gasteiger partial charge in [0.1, 0.15) is 5.75 Å². The minimum atomic E-state index is -0.433. The van der Waals surface area contributed by atoms with Gasteiger partial charge in [-0.2, -0.15) is 5.10 Å². The highest BCUT2D eigenvalue weighted by atomic mass is 79.9. The van der Waals surface area contributed by atoms with E-state index in [4.69, 9.17) is 33.0 Å². The Kier molecular flexibility index (Phi) is 5.44. The van der Waals surface area contributed by atoms with Crippen LogP contribution in [0.2, 0.25) is 10.0 Å². The summed E-state index contributed by atoms with van der Waals surface area (Å²) in [4.78, 5) is 0. The van der Waals surface area contributed by atoms with Gasteiger partial charge in [0.15, 0.2) is 5.72 Å². The molecule has 6 rings (SSSR count). The summed E-state index contributed by atoms with van der Waals surface area (Å²) in [5.74, 6) is 1.53. The number of ether oxygens (including phenoxy) is 1. The highest BCUT2D eigenvalue weighted by Crippen LogP contribution is 2.53. The van der Waals surface area contributed by atoms with Gasteiger partial charge in [0.05, 0.1) is 16.8 Å². The molecule has 0 amide bonds. The fraction of sp³-hybridized carbons (Fsp3) is 0.296. The fourth-order valence-corrected chi connectivity index (χ4v) is 6.49. The number of fused-ring (bicyclic) bond motifs is 4. The molecule has 0 saturated heterocycles. The largest absolute Gasteiger partial charge is 0.466 e. The maximum absolute atomic E-state index is 6.79. The Labute approximate surface area is 212 Å². The zero-order valence-electron chi connectivity index (χ0n) is 18.0. The molecule has 1 aliphatic carbocycles. The first kappa shape index (κ1) is 21.5. The van der Waals surface area contributed by atoms with E-state index in [2.05, 4.69) is 69.5 Å². The molecule has 6 heteroatoms. The molecule has 1 atom stereocenters. The molecule has 0 aromatic heterocycles. The highest BCUT2D eigenvalue weighted by Gasteiger charge is 2.52. The molecular formula is C27H23BrCl2N2O. The van der Waals surface area contributed by atoms with Crippen molar-refractivity contribution in [3.05, 3.63) is 97.9 Å². The first-order chi connectivity index (χ1) is 16.0. The molecule has 0 N–H and O–H groups in total. The van der Waals surface area contributed by atoms with Crippen LogP contribution in [0.15, 0.2) is 76.3 Å². The standard InChI is InChI=1S/C27H23BrCl2N2O/c28-19-6-9-26-22(14-19)25-16-24(21-8-7-20(29)15-23(21)30)31-32(25)27(33-26)12-10-18(11-13-27)17-4-2-1-3-5-17/h1-9,14-15,18,25H,10-13,16H2/t18?,25-,27?/m0/s1. The van der Waals surface area contributed by atoms with E-state index in [-0.39, 0.29) is 6.04 Å². The molecule has 2 heterocycles. The Morgan fingerprint density at radius 1 is 0.970 bits per heavy atom. The van der Waals surface area contributed by atoms with E-state index >= 15 is 0 Å². The maximum atomic E-state index is 6.79. The monoisotopic (exact) mass is 540 g/mol. The average Bonchev–Trinajstić information content (AvgIpc) is 3.27. The van der Waals surface area contributed by atoms with Gasteiger partial charge in [0, 0.05) is 39.9 Å². The first-order valence-corrected chi connectivity index (χ1v) is 12.9. The third-order valence-electron chi connectivity index (χ3n) is 7.24. The van der Waals surface area contributed by atoms with E-state index in [1.165, 1.54) is 11.1 Å². The van der Waals surface area contributed by atoms with E-state index < -0.39 is 5.72 Å². The summed E-state index contributed by atoms with van der Waals surface area (Å²) in [6, 6.07) is 22.9. The Morgan fingerprint density at radius 3 is 2.52 bits per heavy atom. The van der Waals surface area contributed by atoms with E-state index in [9.17, 15) is 0 Å². The lowest BCUT2D eigenvalue weighted by atomic mass is 9.78. The third kappa shape index (κ3) is 3.77. The fourth-order valence-electron chi connectivity index (χ4n) is 5.60. The average molecular weight is 542 g/mol. The van der Waals surface area contributed by atoms with Crippen molar-refractivity contribution in [2.45, 2.75) is 49.8 Å². The molecule has 1 saturated carbocycles. The molecule has 3 nitrogen and oxygen atoms in total. The van der Waals surface area contributed by atoms with Crippen molar-refractivity contribution in [1.82, 2.24) is 5.01 Å². The zero-order chi connectivity index (χ0) is 22.6. The van der Waals surface area contributed by atoms with Gasteiger partial charge in [-0.3, -0.25) is 0 Å². The molecule has 3 aromatic rings. The van der Waals surface area contributed by atoms with Crippen molar-refractivity contribution in [3.8, 4) is 5.75 Å². The molecule has 33 heavy (non-hydrogen) atoms. The lowest BCUT2D eigenvalue weighted by Crippen LogP contribution is -2.55. The van der Waals surface area contributed by atoms with E-state index in [1.807, 2.05) is 12.1 Å². The molecule has 1 spiro atoms. The predicted octanol–water partition coefficient (Wildman–Crippen LogP) is 8.35. The first-order valence-electron chi connectivity index (χ1n) is 11.4. The lowest BCUT2D eigenvalue weighted by molar-refractivity contribution is -0.142. The van der Waals surface area contributed by atoms with Crippen molar-refractivity contribution in [1.29, 1.82) is 0 Å². The Bertz CT molecular complexity index is 1240. The van der Waals surface area contributed by atoms with Gasteiger partial charge < -0.3 is 4.74 Å². The van der Waals surface area contributed by atoms with Gasteiger partial charge in [-0.1, -0.05) is 75.5 Å². The zero-order valence-corrected chi connectivity index (χ0v) is 21.1. The minimum absolute atomic E-state index is 0.126. The quantitative estimate of drug-likeness (QED) is 0.325. The summed E-state index contributed by atoms with van der Waals surface area (Å²) in [7, 11) is 0. The molecule has 0 radical (unpaired) electrons. The summed E-state index contributed by atoms with van der Waals surface area (Å²) in [5, 5.41) is 8.67. The smallest absolute Gasteiger partial charge is 0.198 e. The molecule has 0 bridgehead atoms. The van der Waals surface area contributed by atoms with Crippen molar-refractivity contribution < 1.29 is 4.74 Å². The minimum Gasteiger partial charge on any atom is -0.466 e. The van der Waals surface area contributed by atoms with Gasteiger partial charge in [-0.25, -0.2) is 5.01 Å². The van der Waals surface area contributed by atoms with Crippen molar-refractivity contribution >= 4 is 44.8 Å². The van der Waals surface area contributed by atoms with Crippen LogP contribution in [0.5, 0.6) is 5.75 Å². The second kappa shape index (κ2) is 8.33. The number of rotatable bonds is 2. The summed E-state index contributed by atoms with van der Waals surface area (Å²) in [6.45, 7) is 0. The molecule has 2 aliphatic heterocycles. The van der Waals surface area contributed by atoms with E-state index in [1.54, 1.807) is 6.07 Å². The molecule has 0 unspecified atom stereocenters. The summed E-state index contributed by atoms with van der Waals surface area (Å²) in [5.41, 5.74) is 4.09.